The number of carbonyl (C=O) groups is 4. The van der Waals surface area contributed by atoms with E-state index in [1.165, 1.54) is 38.5 Å². The predicted octanol–water partition coefficient (Wildman–Crippen LogP) is 25.2. The van der Waals surface area contributed by atoms with Gasteiger partial charge in [-0.25, -0.2) is 9.13 Å². The molecule has 0 saturated heterocycles. The molecule has 0 saturated carbocycles. The van der Waals surface area contributed by atoms with Gasteiger partial charge in [0.2, 0.25) is 0 Å². The molecule has 112 heavy (non-hydrogen) atoms. The molecule has 0 fully saturated rings. The van der Waals surface area contributed by atoms with E-state index in [9.17, 15) is 43.2 Å². The molecule has 0 spiro atoms. The molecule has 19 heteroatoms. The number of unbranched alkanes of at least 4 members (excludes halogenated alkanes) is 14. The molecule has 5 atom stereocenters. The van der Waals surface area contributed by atoms with Gasteiger partial charge in [-0.2, -0.15) is 0 Å². The summed E-state index contributed by atoms with van der Waals surface area (Å²) in [6.07, 6.45) is 105. The number of aliphatic hydroxyl groups is 1. The summed E-state index contributed by atoms with van der Waals surface area (Å²) in [7, 11) is -10.0. The van der Waals surface area contributed by atoms with Gasteiger partial charge < -0.3 is 33.8 Å². The minimum absolute atomic E-state index is 0.0170. The number of aliphatic hydroxyl groups excluding tert-OH is 1. The van der Waals surface area contributed by atoms with E-state index in [-0.39, 0.29) is 25.7 Å². The van der Waals surface area contributed by atoms with Crippen LogP contribution in [-0.4, -0.2) is 96.7 Å². The highest BCUT2D eigenvalue weighted by atomic mass is 31.2. The van der Waals surface area contributed by atoms with Crippen LogP contribution in [0.2, 0.25) is 0 Å². The van der Waals surface area contributed by atoms with Crippen LogP contribution in [0.5, 0.6) is 0 Å². The number of esters is 4. The lowest BCUT2D eigenvalue weighted by Crippen LogP contribution is -2.30. The van der Waals surface area contributed by atoms with Gasteiger partial charge in [-0.1, -0.05) is 304 Å². The largest absolute Gasteiger partial charge is 0.472 e. The smallest absolute Gasteiger partial charge is 0.462 e. The zero-order chi connectivity index (χ0) is 81.7. The van der Waals surface area contributed by atoms with Crippen molar-refractivity contribution in [1.82, 2.24) is 0 Å². The van der Waals surface area contributed by atoms with Crippen molar-refractivity contribution >= 4 is 39.5 Å². The van der Waals surface area contributed by atoms with Crippen molar-refractivity contribution in [2.24, 2.45) is 0 Å². The summed E-state index contributed by atoms with van der Waals surface area (Å²) in [6, 6.07) is 0. The van der Waals surface area contributed by atoms with Crippen LogP contribution < -0.4 is 0 Å². The van der Waals surface area contributed by atoms with Crippen LogP contribution in [0, 0.1) is 0 Å². The number of phosphoric acid groups is 2. The van der Waals surface area contributed by atoms with E-state index >= 15 is 0 Å². The van der Waals surface area contributed by atoms with Gasteiger partial charge in [-0.15, -0.1) is 0 Å². The molecule has 630 valence electrons. The molecule has 0 aromatic carbocycles. The van der Waals surface area contributed by atoms with Crippen LogP contribution in [0.15, 0.2) is 219 Å². The van der Waals surface area contributed by atoms with Crippen molar-refractivity contribution in [3.63, 3.8) is 0 Å². The number of carbonyl (C=O) groups excluding carboxylic acids is 4. The fraction of sp³-hybridized carbons (Fsp3) is 0.570. The van der Waals surface area contributed by atoms with Crippen molar-refractivity contribution < 1.29 is 80.2 Å². The third-order valence-electron chi connectivity index (χ3n) is 16.4. The molecule has 0 aliphatic carbocycles. The van der Waals surface area contributed by atoms with Crippen LogP contribution in [0.3, 0.4) is 0 Å². The van der Waals surface area contributed by atoms with E-state index in [4.69, 9.17) is 37.0 Å². The molecule has 0 aliphatic rings. The lowest BCUT2D eigenvalue weighted by molar-refractivity contribution is -0.161. The SMILES string of the molecule is CC/C=C\C/C=C\C/C=C\C/C=C\C/C=C\C/C=C\CCC(=O)OC[C@H](COP(=O)(O)OC[C@@H](O)COP(=O)(O)OC[C@@H](COC(=O)CCCCCCC/C=C\CCCCCCCC)OC(=O)CC/C=C\C/C=C\C/C=C\C/C=C\C/C=C\C/C=C\CC)OC(=O)CCCCC/C=C\C/C=C\C/C=C\C/C=C\C/C=C\CC. The van der Waals surface area contributed by atoms with Crippen LogP contribution in [0.4, 0.5) is 0 Å². The first kappa shape index (κ1) is 105. The van der Waals surface area contributed by atoms with Gasteiger partial charge in [0.15, 0.2) is 12.2 Å². The van der Waals surface area contributed by atoms with E-state index in [1.807, 2.05) is 36.5 Å². The maximum atomic E-state index is 13.1. The van der Waals surface area contributed by atoms with Crippen molar-refractivity contribution in [2.75, 3.05) is 39.6 Å². The van der Waals surface area contributed by atoms with Crippen LogP contribution in [-0.2, 0) is 65.4 Å². The molecular formula is C93H146O17P2. The Balaban J connectivity index is 5.59. The Morgan fingerprint density at radius 2 is 0.482 bits per heavy atom. The Labute approximate surface area is 677 Å². The lowest BCUT2D eigenvalue weighted by Gasteiger charge is -2.21. The highest BCUT2D eigenvalue weighted by molar-refractivity contribution is 7.47. The second-order valence-electron chi connectivity index (χ2n) is 26.9. The van der Waals surface area contributed by atoms with Gasteiger partial charge in [0.25, 0.3) is 0 Å². The number of hydrogen-bond donors (Lipinski definition) is 3. The minimum Gasteiger partial charge on any atom is -0.462 e. The average molecular weight is 1600 g/mol. The molecule has 0 aromatic heterocycles. The molecular weight excluding hydrogens is 1450 g/mol. The van der Waals surface area contributed by atoms with E-state index in [1.54, 1.807) is 0 Å². The zero-order valence-corrected chi connectivity index (χ0v) is 70.8. The quantitative estimate of drug-likeness (QED) is 0.0169. The number of rotatable bonds is 76. The monoisotopic (exact) mass is 1600 g/mol. The van der Waals surface area contributed by atoms with Gasteiger partial charge >= 0.3 is 39.5 Å². The molecule has 2 unspecified atom stereocenters. The lowest BCUT2D eigenvalue weighted by atomic mass is 10.1. The van der Waals surface area contributed by atoms with E-state index in [0.29, 0.717) is 38.5 Å². The first-order chi connectivity index (χ1) is 54.7. The fourth-order valence-corrected chi connectivity index (χ4v) is 11.8. The first-order valence-corrected chi connectivity index (χ1v) is 45.0. The van der Waals surface area contributed by atoms with Gasteiger partial charge in [-0.3, -0.25) is 37.3 Å². The number of allylic oxidation sites excluding steroid dienone is 36. The number of phosphoric ester groups is 2. The summed E-state index contributed by atoms with van der Waals surface area (Å²) >= 11 is 0. The minimum atomic E-state index is -5.03. The van der Waals surface area contributed by atoms with Gasteiger partial charge in [0.1, 0.15) is 19.3 Å². The van der Waals surface area contributed by atoms with Gasteiger partial charge in [0.05, 0.1) is 26.4 Å². The van der Waals surface area contributed by atoms with Gasteiger partial charge in [-0.05, 0) is 173 Å². The highest BCUT2D eigenvalue weighted by Gasteiger charge is 2.30. The average Bonchev–Trinajstić information content (AvgIpc) is 0.908. The van der Waals surface area contributed by atoms with Crippen molar-refractivity contribution in [3.8, 4) is 0 Å². The molecule has 0 rings (SSSR count). The molecule has 3 N–H and O–H groups in total. The normalized spacial score (nSPS) is 14.9. The van der Waals surface area contributed by atoms with Crippen LogP contribution in [0.1, 0.15) is 285 Å². The maximum Gasteiger partial charge on any atom is 0.472 e. The third kappa shape index (κ3) is 81.4. The number of ether oxygens (including phenoxy) is 4. The fourth-order valence-electron chi connectivity index (χ4n) is 10.2. The highest BCUT2D eigenvalue weighted by Crippen LogP contribution is 2.45. The molecule has 0 aliphatic heterocycles. The topological polar surface area (TPSA) is 237 Å². The summed E-state index contributed by atoms with van der Waals surface area (Å²) in [6.45, 7) is 4.28. The summed E-state index contributed by atoms with van der Waals surface area (Å²) in [5.41, 5.74) is 0. The zero-order valence-electron chi connectivity index (χ0n) is 69.0. The Morgan fingerprint density at radius 3 is 0.804 bits per heavy atom. The molecule has 0 heterocycles. The van der Waals surface area contributed by atoms with Crippen molar-refractivity contribution in [3.05, 3.63) is 219 Å². The molecule has 0 aromatic rings. The second kappa shape index (κ2) is 82.4. The maximum absolute atomic E-state index is 13.1. The third-order valence-corrected chi connectivity index (χ3v) is 18.3. The molecule has 0 amide bonds. The molecule has 0 radical (unpaired) electrons. The Bertz CT molecular complexity index is 2990. The van der Waals surface area contributed by atoms with E-state index in [2.05, 4.69) is 210 Å². The summed E-state index contributed by atoms with van der Waals surface area (Å²) in [5, 5.41) is 10.7. The Hall–Kier alpha value is -6.62. The van der Waals surface area contributed by atoms with Crippen molar-refractivity contribution in [1.29, 1.82) is 0 Å². The van der Waals surface area contributed by atoms with Crippen LogP contribution in [0.25, 0.3) is 0 Å². The predicted molar refractivity (Wildman–Crippen MR) is 463 cm³/mol. The van der Waals surface area contributed by atoms with Crippen LogP contribution >= 0.6 is 15.6 Å². The molecule has 17 nitrogen and oxygen atoms in total. The summed E-state index contributed by atoms with van der Waals surface area (Å²) < 4.78 is 68.6. The Morgan fingerprint density at radius 1 is 0.259 bits per heavy atom. The van der Waals surface area contributed by atoms with Crippen molar-refractivity contribution in [2.45, 2.75) is 303 Å². The number of hydrogen-bond acceptors (Lipinski definition) is 15. The standard InChI is InChI=1S/C93H146O17P2/c1-5-9-13-17-21-25-29-33-37-40-43-46-50-54-58-62-66-70-74-78-91(96)104-84-89(110-93(98)80-76-72-68-64-60-56-52-48-45-42-39-35-31-27-23-19-15-11-7-3)86-108-112(101,102)106-82-87(94)81-105-111(99,100)107-85-88(83-103-90(95)77-73-69-65-61-57-53-49-36-32-28-24-20-16-12-8-4)109-92(97)79-75-71-67-63-59-55-51-47-44-41-38-34-30-26-22-18-14-10-6-2/h9-11,13-15,21-23,25-27,33-39,43-49,54-56,58-60,66-67,70-71,87-89,94H,5-8,12,16-20,24,28-32,40-42,50-53,57,61-65,68-69,72-86H2,1-4H3,(H,99,100)(H,101,102)/b13-9-,14-10-,15-11-,25-21-,26-22-,27-23-,37-33-,38-34-,39-35-,46-43-,47-44-,48-45-,49-36-,58-54-,59-55-,60-56-,70-66-,71-67-/t87-,88+,89+/m0/s1. The first-order valence-electron chi connectivity index (χ1n) is 42.0. The van der Waals surface area contributed by atoms with E-state index in [0.717, 1.165) is 154 Å². The molecule has 0 bridgehead atoms. The Kier molecular flexibility index (Phi) is 77.5. The summed E-state index contributed by atoms with van der Waals surface area (Å²) in [4.78, 5) is 73.2. The van der Waals surface area contributed by atoms with E-state index < -0.39 is 97.5 Å². The summed E-state index contributed by atoms with van der Waals surface area (Å²) in [5.74, 6) is -2.44. The second-order valence-corrected chi connectivity index (χ2v) is 29.8. The van der Waals surface area contributed by atoms with Gasteiger partial charge in [0, 0.05) is 25.7 Å².